The summed E-state index contributed by atoms with van der Waals surface area (Å²) in [4.78, 5) is 18.4. The van der Waals surface area contributed by atoms with E-state index in [1.807, 2.05) is 71.8 Å². The molecule has 3 heterocycles. The van der Waals surface area contributed by atoms with Crippen LogP contribution in [0.5, 0.6) is 0 Å². The molecule has 0 aliphatic heterocycles. The van der Waals surface area contributed by atoms with Crippen LogP contribution in [0.25, 0.3) is 32.8 Å². The first kappa shape index (κ1) is 17.3. The van der Waals surface area contributed by atoms with E-state index in [2.05, 4.69) is 4.98 Å². The fourth-order valence-corrected chi connectivity index (χ4v) is 5.49. The molecule has 3 aromatic heterocycles. The second-order valence-corrected chi connectivity index (χ2v) is 8.50. The number of aliphatic hydroxyl groups excluding tert-OH is 1. The van der Waals surface area contributed by atoms with Crippen LogP contribution in [0, 0.1) is 0 Å². The van der Waals surface area contributed by atoms with E-state index in [9.17, 15) is 9.90 Å². The van der Waals surface area contributed by atoms with Crippen molar-refractivity contribution in [2.75, 3.05) is 5.75 Å². The standard InChI is InChI=1S/C20H16N4O2S2/c1-22-13-8-4-3-7-12(13)21-19(22)27-11-16(25)17-18(26)24-15-10-6-5-9-14(15)23(2)20(24)28-17/h3-10H,11H2,1-2H3/p+1. The van der Waals surface area contributed by atoms with Gasteiger partial charge in [0.25, 0.3) is 0 Å². The third-order valence-corrected chi connectivity index (χ3v) is 7.19. The second kappa shape index (κ2) is 6.35. The van der Waals surface area contributed by atoms with Gasteiger partial charge in [-0.05, 0) is 35.6 Å². The minimum Gasteiger partial charge on any atom is -0.510 e. The molecule has 0 unspecified atom stereocenters. The Morgan fingerprint density at radius 1 is 1.18 bits per heavy atom. The number of fused-ring (bicyclic) bond motifs is 4. The monoisotopic (exact) mass is 409 g/mol. The first-order valence-electron chi connectivity index (χ1n) is 8.74. The summed E-state index contributed by atoms with van der Waals surface area (Å²) in [6, 6.07) is 15.7. The predicted octanol–water partition coefficient (Wildman–Crippen LogP) is 2.40. The molecule has 28 heavy (non-hydrogen) atoms. The largest absolute Gasteiger partial charge is 0.510 e. The Morgan fingerprint density at radius 2 is 1.89 bits per heavy atom. The van der Waals surface area contributed by atoms with Crippen molar-refractivity contribution >= 4 is 55.9 Å². The maximum Gasteiger partial charge on any atom is 0.361 e. The molecule has 0 radical (unpaired) electrons. The number of aliphatic hydroxyl groups is 1. The molecule has 2 aromatic carbocycles. The molecule has 0 spiro atoms. The fourth-order valence-electron chi connectivity index (χ4n) is 3.47. The van der Waals surface area contributed by atoms with Gasteiger partial charge < -0.3 is 9.67 Å². The molecule has 8 heteroatoms. The maximum absolute atomic E-state index is 13.0. The van der Waals surface area contributed by atoms with Gasteiger partial charge in [-0.3, -0.25) is 0 Å². The van der Waals surface area contributed by atoms with Crippen molar-refractivity contribution in [1.29, 1.82) is 0 Å². The van der Waals surface area contributed by atoms with E-state index in [1.54, 1.807) is 4.40 Å². The zero-order chi connectivity index (χ0) is 19.4. The number of thioether (sulfide) groups is 1. The van der Waals surface area contributed by atoms with Crippen molar-refractivity contribution in [3.8, 4) is 0 Å². The summed E-state index contributed by atoms with van der Waals surface area (Å²) in [5.41, 5.74) is 3.62. The van der Waals surface area contributed by atoms with Crippen LogP contribution in [-0.4, -0.2) is 24.8 Å². The number of nitrogens with zero attached hydrogens (tertiary/aromatic N) is 4. The van der Waals surface area contributed by atoms with Crippen LogP contribution in [0.2, 0.25) is 0 Å². The highest BCUT2D eigenvalue weighted by Crippen LogP contribution is 2.24. The summed E-state index contributed by atoms with van der Waals surface area (Å²) in [7, 11) is 3.89. The highest BCUT2D eigenvalue weighted by molar-refractivity contribution is 7.99. The lowest BCUT2D eigenvalue weighted by Crippen LogP contribution is -2.26. The quantitative estimate of drug-likeness (QED) is 0.367. The van der Waals surface area contributed by atoms with Gasteiger partial charge >= 0.3 is 10.5 Å². The Balaban J connectivity index is 1.58. The summed E-state index contributed by atoms with van der Waals surface area (Å²) >= 11 is 2.74. The molecule has 0 aliphatic rings. The Labute approximate surface area is 168 Å². The second-order valence-electron chi connectivity index (χ2n) is 6.58. The molecule has 0 fully saturated rings. The van der Waals surface area contributed by atoms with Gasteiger partial charge in [0, 0.05) is 7.05 Å². The van der Waals surface area contributed by atoms with Gasteiger partial charge in [-0.2, -0.15) is 0 Å². The number of thiazole rings is 1. The Hall–Kier alpha value is -2.84. The average Bonchev–Trinajstić information content (AvgIpc) is 3.32. The van der Waals surface area contributed by atoms with E-state index in [4.69, 9.17) is 0 Å². The highest BCUT2D eigenvalue weighted by Gasteiger charge is 2.23. The van der Waals surface area contributed by atoms with Crippen LogP contribution in [0.3, 0.4) is 0 Å². The number of benzene rings is 2. The molecule has 0 saturated carbocycles. The van der Waals surface area contributed by atoms with Gasteiger partial charge in [0.2, 0.25) is 0 Å². The molecule has 0 saturated heterocycles. The lowest BCUT2D eigenvalue weighted by molar-refractivity contribution is -0.616. The summed E-state index contributed by atoms with van der Waals surface area (Å²) in [6.07, 6.45) is 0. The van der Waals surface area contributed by atoms with Gasteiger partial charge in [0.1, 0.15) is 5.76 Å². The van der Waals surface area contributed by atoms with Crippen LogP contribution < -0.4 is 14.7 Å². The van der Waals surface area contributed by atoms with Crippen molar-refractivity contribution in [3.05, 3.63) is 63.4 Å². The number of para-hydroxylation sites is 4. The Kier molecular flexibility index (Phi) is 3.92. The molecular formula is C20H17N4O2S2+. The molecule has 6 nitrogen and oxygen atoms in total. The van der Waals surface area contributed by atoms with E-state index in [0.29, 0.717) is 4.53 Å². The van der Waals surface area contributed by atoms with Crippen molar-refractivity contribution in [2.45, 2.75) is 5.16 Å². The SMILES string of the molecule is Cn1c(SC/C(O)=c2/sc3n(c2=O)c2ccccc2[n+]3C)nc2ccccc21. The lowest BCUT2D eigenvalue weighted by Gasteiger charge is -2.00. The molecule has 1 N–H and O–H groups in total. The molecule has 0 bridgehead atoms. The van der Waals surface area contributed by atoms with E-state index in [1.165, 1.54) is 23.1 Å². The summed E-state index contributed by atoms with van der Waals surface area (Å²) in [5, 5.41) is 11.5. The van der Waals surface area contributed by atoms with Crippen molar-refractivity contribution in [3.63, 3.8) is 0 Å². The molecule has 0 amide bonds. The van der Waals surface area contributed by atoms with E-state index < -0.39 is 0 Å². The highest BCUT2D eigenvalue weighted by atomic mass is 32.2. The summed E-state index contributed by atoms with van der Waals surface area (Å²) in [6.45, 7) is 0. The smallest absolute Gasteiger partial charge is 0.361 e. The van der Waals surface area contributed by atoms with Gasteiger partial charge in [0.15, 0.2) is 20.7 Å². The van der Waals surface area contributed by atoms with Crippen molar-refractivity contribution < 1.29 is 9.67 Å². The minimum absolute atomic E-state index is 0.0832. The first-order valence-corrected chi connectivity index (χ1v) is 10.5. The Morgan fingerprint density at radius 3 is 2.68 bits per heavy atom. The maximum atomic E-state index is 13.0. The van der Waals surface area contributed by atoms with Gasteiger partial charge in [-0.1, -0.05) is 36.0 Å². The van der Waals surface area contributed by atoms with Gasteiger partial charge in [0.05, 0.1) is 23.8 Å². The summed E-state index contributed by atoms with van der Waals surface area (Å²) < 4.78 is 6.03. The number of imidazole rings is 2. The topological polar surface area (TPSA) is 63.4 Å². The van der Waals surface area contributed by atoms with Crippen LogP contribution in [-0.2, 0) is 14.1 Å². The zero-order valence-electron chi connectivity index (χ0n) is 15.3. The molecule has 5 aromatic rings. The molecule has 140 valence electrons. The minimum atomic E-state index is -0.181. The summed E-state index contributed by atoms with van der Waals surface area (Å²) in [5.74, 6) is 0.373. The normalized spacial score (nSPS) is 13.1. The fraction of sp³-hybridized carbons (Fsp3) is 0.150. The van der Waals surface area contributed by atoms with Crippen LogP contribution >= 0.6 is 23.1 Å². The van der Waals surface area contributed by atoms with E-state index in [0.717, 1.165) is 32.2 Å². The third-order valence-electron chi connectivity index (χ3n) is 4.90. The number of hydrogen-bond donors (Lipinski definition) is 1. The van der Waals surface area contributed by atoms with Crippen LogP contribution in [0.15, 0.2) is 58.5 Å². The van der Waals surface area contributed by atoms with Crippen LogP contribution in [0.1, 0.15) is 0 Å². The number of rotatable bonds is 3. The van der Waals surface area contributed by atoms with E-state index in [-0.39, 0.29) is 17.1 Å². The van der Waals surface area contributed by atoms with Crippen molar-refractivity contribution in [1.82, 2.24) is 14.0 Å². The number of hydrogen-bond acceptors (Lipinski definition) is 5. The lowest BCUT2D eigenvalue weighted by atomic mass is 10.3. The van der Waals surface area contributed by atoms with Gasteiger partial charge in [-0.25, -0.2) is 14.3 Å². The molecule has 0 atom stereocenters. The first-order chi connectivity index (χ1) is 13.6. The molecule has 0 aliphatic carbocycles. The van der Waals surface area contributed by atoms with E-state index >= 15 is 0 Å². The number of aromatic nitrogens is 4. The van der Waals surface area contributed by atoms with Crippen LogP contribution in [0.4, 0.5) is 0 Å². The molecule has 5 rings (SSSR count). The zero-order valence-corrected chi connectivity index (χ0v) is 16.9. The third kappa shape index (κ3) is 2.45. The molecular weight excluding hydrogens is 392 g/mol. The number of aryl methyl sites for hydroxylation is 2. The van der Waals surface area contributed by atoms with Gasteiger partial charge in [-0.15, -0.1) is 4.40 Å². The Bertz CT molecular complexity index is 1480. The van der Waals surface area contributed by atoms with Crippen molar-refractivity contribution in [2.24, 2.45) is 14.1 Å². The predicted molar refractivity (Wildman–Crippen MR) is 113 cm³/mol. The average molecular weight is 410 g/mol.